The molecule has 8 nitrogen and oxygen atoms in total. The zero-order valence-corrected chi connectivity index (χ0v) is 16.4. The van der Waals surface area contributed by atoms with Crippen LogP contribution in [0.2, 0.25) is 0 Å². The number of hydrogen-bond donors (Lipinski definition) is 0. The summed E-state index contributed by atoms with van der Waals surface area (Å²) >= 11 is 1.36. The number of aromatic nitrogens is 3. The van der Waals surface area contributed by atoms with Gasteiger partial charge in [0.2, 0.25) is 12.7 Å². The van der Waals surface area contributed by atoms with Crippen LogP contribution in [-0.2, 0) is 18.4 Å². The Labute approximate surface area is 166 Å². The number of carbonyl (C=O) groups is 1. The molecule has 0 saturated carbocycles. The van der Waals surface area contributed by atoms with E-state index in [2.05, 4.69) is 10.2 Å². The topological polar surface area (TPSA) is 82.6 Å². The Bertz CT molecular complexity index is 970. The highest BCUT2D eigenvalue weighted by atomic mass is 32.2. The van der Waals surface area contributed by atoms with Gasteiger partial charge in [-0.1, -0.05) is 17.8 Å². The summed E-state index contributed by atoms with van der Waals surface area (Å²) in [7, 11) is 1.86. The highest BCUT2D eigenvalue weighted by Crippen LogP contribution is 2.33. The second-order valence-electron chi connectivity index (χ2n) is 6.23. The average molecular weight is 400 g/mol. The third-order valence-electron chi connectivity index (χ3n) is 4.45. The summed E-state index contributed by atoms with van der Waals surface area (Å²) in [6, 6.07) is 9.38. The molecule has 0 aliphatic carbocycles. The fourth-order valence-corrected chi connectivity index (χ4v) is 3.73. The Hall–Kier alpha value is -2.94. The number of nitrogens with zero attached hydrogens (tertiary/aromatic N) is 4. The molecule has 1 aliphatic rings. The molecule has 3 heterocycles. The molecule has 1 aliphatic heterocycles. The Morgan fingerprint density at radius 2 is 2.11 bits per heavy atom. The monoisotopic (exact) mass is 400 g/mol. The number of carbonyl (C=O) groups excluding carboxylic acids is 1. The highest BCUT2D eigenvalue weighted by Gasteiger charge is 2.19. The van der Waals surface area contributed by atoms with E-state index in [9.17, 15) is 4.79 Å². The maximum atomic E-state index is 12.7. The largest absolute Gasteiger partial charge is 0.461 e. The van der Waals surface area contributed by atoms with E-state index in [1.54, 1.807) is 17.2 Å². The van der Waals surface area contributed by atoms with Crippen LogP contribution in [0.25, 0.3) is 11.6 Å². The van der Waals surface area contributed by atoms with Crippen LogP contribution >= 0.6 is 11.8 Å². The average Bonchev–Trinajstić information content (AvgIpc) is 3.44. The molecular formula is C19H20N4O4S. The number of hydrogen-bond acceptors (Lipinski definition) is 7. The molecule has 0 atom stereocenters. The van der Waals surface area contributed by atoms with Gasteiger partial charge in [0.05, 0.1) is 12.0 Å². The van der Waals surface area contributed by atoms with E-state index in [0.717, 1.165) is 17.1 Å². The Balaban J connectivity index is 1.38. The minimum atomic E-state index is 0.0349. The smallest absolute Gasteiger partial charge is 0.233 e. The van der Waals surface area contributed by atoms with Crippen molar-refractivity contribution in [1.29, 1.82) is 0 Å². The van der Waals surface area contributed by atoms with Gasteiger partial charge in [-0.15, -0.1) is 10.2 Å². The van der Waals surface area contributed by atoms with Crippen molar-refractivity contribution in [3.05, 3.63) is 42.2 Å². The molecule has 9 heteroatoms. The van der Waals surface area contributed by atoms with Gasteiger partial charge >= 0.3 is 0 Å². The minimum Gasteiger partial charge on any atom is -0.461 e. The molecule has 0 bridgehead atoms. The fraction of sp³-hybridized carbons (Fsp3) is 0.316. The predicted octanol–water partition coefficient (Wildman–Crippen LogP) is 2.94. The normalized spacial score (nSPS) is 12.4. The van der Waals surface area contributed by atoms with E-state index in [1.807, 2.05) is 42.8 Å². The lowest BCUT2D eigenvalue weighted by molar-refractivity contribution is -0.128. The molecule has 0 unspecified atom stereocenters. The van der Waals surface area contributed by atoms with E-state index in [1.165, 1.54) is 11.8 Å². The van der Waals surface area contributed by atoms with Gasteiger partial charge in [-0.3, -0.25) is 4.79 Å². The number of furan rings is 1. The lowest BCUT2D eigenvalue weighted by atomic mass is 10.2. The van der Waals surface area contributed by atoms with Gasteiger partial charge in [0.15, 0.2) is 28.2 Å². The SMILES string of the molecule is CCN(Cc1ccc2c(c1)OCO2)C(=O)CSc1nnc(-c2ccco2)n1C. The second kappa shape index (κ2) is 7.97. The summed E-state index contributed by atoms with van der Waals surface area (Å²) in [5.74, 6) is 3.05. The first-order chi connectivity index (χ1) is 13.7. The predicted molar refractivity (Wildman–Crippen MR) is 103 cm³/mol. The molecule has 1 aromatic carbocycles. The molecule has 146 valence electrons. The molecule has 0 spiro atoms. The third-order valence-corrected chi connectivity index (χ3v) is 5.45. The van der Waals surface area contributed by atoms with E-state index in [0.29, 0.717) is 29.8 Å². The van der Waals surface area contributed by atoms with E-state index in [4.69, 9.17) is 13.9 Å². The van der Waals surface area contributed by atoms with Gasteiger partial charge in [0.1, 0.15) is 0 Å². The van der Waals surface area contributed by atoms with E-state index >= 15 is 0 Å². The lowest BCUT2D eigenvalue weighted by Crippen LogP contribution is -2.31. The molecule has 0 saturated heterocycles. The maximum absolute atomic E-state index is 12.7. The van der Waals surface area contributed by atoms with Crippen LogP contribution in [-0.4, -0.2) is 44.7 Å². The summed E-state index contributed by atoms with van der Waals surface area (Å²) < 4.78 is 17.9. The molecule has 0 radical (unpaired) electrons. The first-order valence-corrected chi connectivity index (χ1v) is 9.86. The van der Waals surface area contributed by atoms with Crippen molar-refractivity contribution in [3.8, 4) is 23.1 Å². The standard InChI is InChI=1S/C19H20N4O4S/c1-3-23(10-13-6-7-14-16(9-13)27-12-26-14)17(24)11-28-19-21-20-18(22(19)2)15-5-4-8-25-15/h4-9H,3,10-12H2,1-2H3. The van der Waals surface area contributed by atoms with Crippen molar-refractivity contribution in [2.24, 2.45) is 7.05 Å². The van der Waals surface area contributed by atoms with Crippen molar-refractivity contribution < 1.29 is 18.7 Å². The molecular weight excluding hydrogens is 380 g/mol. The molecule has 2 aromatic heterocycles. The van der Waals surface area contributed by atoms with Crippen LogP contribution in [0.3, 0.4) is 0 Å². The minimum absolute atomic E-state index is 0.0349. The third kappa shape index (κ3) is 3.70. The number of fused-ring (bicyclic) bond motifs is 1. The highest BCUT2D eigenvalue weighted by molar-refractivity contribution is 7.99. The van der Waals surface area contributed by atoms with Crippen molar-refractivity contribution in [2.75, 3.05) is 19.1 Å². The molecule has 0 fully saturated rings. The van der Waals surface area contributed by atoms with Crippen LogP contribution in [0.15, 0.2) is 46.2 Å². The molecule has 0 N–H and O–H groups in total. The number of thioether (sulfide) groups is 1. The van der Waals surface area contributed by atoms with Crippen molar-refractivity contribution in [1.82, 2.24) is 19.7 Å². The summed E-state index contributed by atoms with van der Waals surface area (Å²) in [5, 5.41) is 8.98. The van der Waals surface area contributed by atoms with E-state index in [-0.39, 0.29) is 18.5 Å². The van der Waals surface area contributed by atoms with Crippen molar-refractivity contribution in [2.45, 2.75) is 18.6 Å². The van der Waals surface area contributed by atoms with Crippen molar-refractivity contribution >= 4 is 17.7 Å². The van der Waals surface area contributed by atoms with Gasteiger partial charge in [0, 0.05) is 20.1 Å². The Kier molecular flexibility index (Phi) is 5.25. The summed E-state index contributed by atoms with van der Waals surface area (Å²) in [5.41, 5.74) is 1.00. The fourth-order valence-electron chi connectivity index (χ4n) is 2.91. The quantitative estimate of drug-likeness (QED) is 0.564. The Morgan fingerprint density at radius 3 is 2.89 bits per heavy atom. The van der Waals surface area contributed by atoms with E-state index < -0.39 is 0 Å². The lowest BCUT2D eigenvalue weighted by Gasteiger charge is -2.21. The zero-order chi connectivity index (χ0) is 19.5. The van der Waals surface area contributed by atoms with Crippen LogP contribution in [0.4, 0.5) is 0 Å². The molecule has 3 aromatic rings. The van der Waals surface area contributed by atoms with Gasteiger partial charge < -0.3 is 23.4 Å². The number of benzene rings is 1. The number of amides is 1. The first kappa shape index (κ1) is 18.4. The van der Waals surface area contributed by atoms with Crippen molar-refractivity contribution in [3.63, 3.8) is 0 Å². The zero-order valence-electron chi connectivity index (χ0n) is 15.6. The van der Waals surface area contributed by atoms with Gasteiger partial charge in [0.25, 0.3) is 0 Å². The van der Waals surface area contributed by atoms with Gasteiger partial charge in [-0.2, -0.15) is 0 Å². The summed E-state index contributed by atoms with van der Waals surface area (Å²) in [4.78, 5) is 14.5. The molecule has 1 amide bonds. The molecule has 4 rings (SSSR count). The van der Waals surface area contributed by atoms with Gasteiger partial charge in [-0.25, -0.2) is 0 Å². The first-order valence-electron chi connectivity index (χ1n) is 8.88. The second-order valence-corrected chi connectivity index (χ2v) is 7.17. The summed E-state index contributed by atoms with van der Waals surface area (Å²) in [6.07, 6.45) is 1.59. The van der Waals surface area contributed by atoms with Crippen LogP contribution < -0.4 is 9.47 Å². The van der Waals surface area contributed by atoms with Gasteiger partial charge in [-0.05, 0) is 36.8 Å². The van der Waals surface area contributed by atoms with Crippen LogP contribution in [0.1, 0.15) is 12.5 Å². The van der Waals surface area contributed by atoms with Crippen LogP contribution in [0, 0.1) is 0 Å². The molecule has 28 heavy (non-hydrogen) atoms. The summed E-state index contributed by atoms with van der Waals surface area (Å²) in [6.45, 7) is 3.34. The Morgan fingerprint density at radius 1 is 1.25 bits per heavy atom. The van der Waals surface area contributed by atoms with Crippen LogP contribution in [0.5, 0.6) is 11.5 Å². The number of ether oxygens (including phenoxy) is 2. The number of rotatable bonds is 7. The maximum Gasteiger partial charge on any atom is 0.233 e.